The molecule has 3 nitrogen and oxygen atoms in total. The van der Waals surface area contributed by atoms with Crippen LogP contribution in [-0.4, -0.2) is 31.1 Å². The molecule has 1 aromatic rings. The Balaban J connectivity index is 1.70. The van der Waals surface area contributed by atoms with Crippen molar-refractivity contribution in [3.63, 3.8) is 0 Å². The molecule has 1 saturated heterocycles. The van der Waals surface area contributed by atoms with Crippen molar-refractivity contribution in [3.8, 4) is 5.75 Å². The summed E-state index contributed by atoms with van der Waals surface area (Å²) >= 11 is 0. The fraction of sp³-hybridized carbons (Fsp3) is 0.538. The number of likely N-dealkylation sites (tertiary alicyclic amines) is 1. The summed E-state index contributed by atoms with van der Waals surface area (Å²) in [6.45, 7) is 6.52. The van der Waals surface area contributed by atoms with Gasteiger partial charge in [0.05, 0.1) is 0 Å². The van der Waals surface area contributed by atoms with E-state index in [9.17, 15) is 0 Å². The van der Waals surface area contributed by atoms with Crippen molar-refractivity contribution >= 4 is 5.69 Å². The first-order valence-corrected chi connectivity index (χ1v) is 5.95. The summed E-state index contributed by atoms with van der Waals surface area (Å²) in [6, 6.07) is 7.57. The summed E-state index contributed by atoms with van der Waals surface area (Å²) in [5, 5.41) is 0. The van der Waals surface area contributed by atoms with Crippen LogP contribution in [0.2, 0.25) is 0 Å². The highest BCUT2D eigenvalue weighted by atomic mass is 16.5. The van der Waals surface area contributed by atoms with Crippen molar-refractivity contribution < 1.29 is 4.74 Å². The second-order valence-electron chi connectivity index (χ2n) is 4.61. The van der Waals surface area contributed by atoms with Crippen molar-refractivity contribution in [2.24, 2.45) is 5.92 Å². The van der Waals surface area contributed by atoms with E-state index in [0.717, 1.165) is 30.5 Å². The van der Waals surface area contributed by atoms with Crippen molar-refractivity contribution in [2.45, 2.75) is 13.3 Å². The number of ether oxygens (including phenoxy) is 1. The standard InChI is InChI=1S/C13H20N2O/c1-11-6-7-15(10-11)8-9-16-13-4-2-12(14)3-5-13/h2-5,11H,6-10,14H2,1H3/t11-/m1/s1. The second-order valence-corrected chi connectivity index (χ2v) is 4.61. The van der Waals surface area contributed by atoms with Gasteiger partial charge in [0.25, 0.3) is 0 Å². The Kier molecular flexibility index (Phi) is 3.67. The number of rotatable bonds is 4. The Morgan fingerprint density at radius 1 is 1.38 bits per heavy atom. The number of hydrogen-bond donors (Lipinski definition) is 1. The minimum atomic E-state index is 0.761. The molecule has 1 fully saturated rings. The van der Waals surface area contributed by atoms with Crippen LogP contribution in [0.5, 0.6) is 5.75 Å². The van der Waals surface area contributed by atoms with Crippen molar-refractivity contribution in [1.29, 1.82) is 0 Å². The summed E-state index contributed by atoms with van der Waals surface area (Å²) in [6.07, 6.45) is 1.32. The van der Waals surface area contributed by atoms with Gasteiger partial charge in [-0.3, -0.25) is 4.90 Å². The van der Waals surface area contributed by atoms with E-state index in [1.165, 1.54) is 19.5 Å². The van der Waals surface area contributed by atoms with E-state index >= 15 is 0 Å². The van der Waals surface area contributed by atoms with Gasteiger partial charge in [0.15, 0.2) is 0 Å². The molecule has 0 spiro atoms. The maximum Gasteiger partial charge on any atom is 0.119 e. The smallest absolute Gasteiger partial charge is 0.119 e. The third-order valence-corrected chi connectivity index (χ3v) is 3.06. The van der Waals surface area contributed by atoms with Crippen LogP contribution >= 0.6 is 0 Å². The Bertz CT molecular complexity index is 323. The molecule has 2 rings (SSSR count). The van der Waals surface area contributed by atoms with Crippen LogP contribution in [0.3, 0.4) is 0 Å². The first-order chi connectivity index (χ1) is 7.74. The minimum Gasteiger partial charge on any atom is -0.492 e. The van der Waals surface area contributed by atoms with Crippen molar-refractivity contribution in [2.75, 3.05) is 32.0 Å². The largest absolute Gasteiger partial charge is 0.492 e. The Morgan fingerprint density at radius 3 is 2.75 bits per heavy atom. The molecule has 0 aromatic heterocycles. The third kappa shape index (κ3) is 3.14. The number of hydrogen-bond acceptors (Lipinski definition) is 3. The van der Waals surface area contributed by atoms with Gasteiger partial charge in [0, 0.05) is 18.8 Å². The highest BCUT2D eigenvalue weighted by Gasteiger charge is 2.17. The van der Waals surface area contributed by atoms with Gasteiger partial charge in [-0.05, 0) is 43.1 Å². The molecule has 0 saturated carbocycles. The molecule has 2 N–H and O–H groups in total. The number of nitrogen functional groups attached to an aromatic ring is 1. The van der Waals surface area contributed by atoms with Crippen LogP contribution in [0.15, 0.2) is 24.3 Å². The first kappa shape index (κ1) is 11.3. The van der Waals surface area contributed by atoms with E-state index in [0.29, 0.717) is 0 Å². The van der Waals surface area contributed by atoms with Gasteiger partial charge in [-0.1, -0.05) is 6.92 Å². The maximum atomic E-state index is 5.66. The molecule has 0 unspecified atom stereocenters. The number of anilines is 1. The quantitative estimate of drug-likeness (QED) is 0.789. The Labute approximate surface area is 97.2 Å². The molecule has 16 heavy (non-hydrogen) atoms. The second kappa shape index (κ2) is 5.21. The summed E-state index contributed by atoms with van der Waals surface area (Å²) < 4.78 is 5.66. The lowest BCUT2D eigenvalue weighted by Gasteiger charge is -2.15. The van der Waals surface area contributed by atoms with Crippen molar-refractivity contribution in [3.05, 3.63) is 24.3 Å². The zero-order valence-electron chi connectivity index (χ0n) is 9.86. The van der Waals surface area contributed by atoms with Crippen LogP contribution in [0.1, 0.15) is 13.3 Å². The van der Waals surface area contributed by atoms with Crippen LogP contribution in [0.4, 0.5) is 5.69 Å². The lowest BCUT2D eigenvalue weighted by atomic mass is 10.2. The Morgan fingerprint density at radius 2 is 2.12 bits per heavy atom. The molecule has 1 aliphatic rings. The molecular weight excluding hydrogens is 200 g/mol. The van der Waals surface area contributed by atoms with Gasteiger partial charge in [-0.25, -0.2) is 0 Å². The Hall–Kier alpha value is -1.22. The zero-order chi connectivity index (χ0) is 11.4. The SMILES string of the molecule is C[C@@H]1CCN(CCOc2ccc(N)cc2)C1. The van der Waals surface area contributed by atoms with E-state index < -0.39 is 0 Å². The average Bonchev–Trinajstić information content (AvgIpc) is 2.67. The molecule has 1 atom stereocenters. The predicted molar refractivity (Wildman–Crippen MR) is 66.6 cm³/mol. The number of nitrogens with two attached hydrogens (primary N) is 1. The van der Waals surface area contributed by atoms with Gasteiger partial charge in [-0.2, -0.15) is 0 Å². The van der Waals surface area contributed by atoms with Gasteiger partial charge in [-0.15, -0.1) is 0 Å². The van der Waals surface area contributed by atoms with Crippen LogP contribution < -0.4 is 10.5 Å². The van der Waals surface area contributed by atoms with E-state index in [-0.39, 0.29) is 0 Å². The summed E-state index contributed by atoms with van der Waals surface area (Å²) in [4.78, 5) is 2.46. The maximum absolute atomic E-state index is 5.66. The molecule has 1 aromatic carbocycles. The van der Waals surface area contributed by atoms with Crippen LogP contribution in [0.25, 0.3) is 0 Å². The first-order valence-electron chi connectivity index (χ1n) is 5.95. The van der Waals surface area contributed by atoms with Gasteiger partial charge in [0.1, 0.15) is 12.4 Å². The predicted octanol–water partition coefficient (Wildman–Crippen LogP) is 1.99. The summed E-state index contributed by atoms with van der Waals surface area (Å²) in [5.41, 5.74) is 6.38. The van der Waals surface area contributed by atoms with Crippen molar-refractivity contribution in [1.82, 2.24) is 4.90 Å². The molecule has 0 aliphatic carbocycles. The van der Waals surface area contributed by atoms with Gasteiger partial charge < -0.3 is 10.5 Å². The van der Waals surface area contributed by atoms with Gasteiger partial charge in [0.2, 0.25) is 0 Å². The fourth-order valence-corrected chi connectivity index (χ4v) is 2.09. The fourth-order valence-electron chi connectivity index (χ4n) is 2.09. The van der Waals surface area contributed by atoms with E-state index in [4.69, 9.17) is 10.5 Å². The molecule has 1 heterocycles. The highest BCUT2D eigenvalue weighted by molar-refractivity contribution is 5.41. The summed E-state index contributed by atoms with van der Waals surface area (Å²) in [7, 11) is 0. The molecule has 1 aliphatic heterocycles. The number of benzene rings is 1. The molecule has 0 bridgehead atoms. The number of nitrogens with zero attached hydrogens (tertiary/aromatic N) is 1. The molecule has 88 valence electrons. The highest BCUT2D eigenvalue weighted by Crippen LogP contribution is 2.15. The normalized spacial score (nSPS) is 21.2. The zero-order valence-corrected chi connectivity index (χ0v) is 9.86. The van der Waals surface area contributed by atoms with Gasteiger partial charge >= 0.3 is 0 Å². The average molecular weight is 220 g/mol. The van der Waals surface area contributed by atoms with Crippen LogP contribution in [0, 0.1) is 5.92 Å². The van der Waals surface area contributed by atoms with E-state index in [1.54, 1.807) is 0 Å². The molecule has 3 heteroatoms. The van der Waals surface area contributed by atoms with E-state index in [1.807, 2.05) is 24.3 Å². The lowest BCUT2D eigenvalue weighted by Crippen LogP contribution is -2.25. The van der Waals surface area contributed by atoms with Crippen LogP contribution in [-0.2, 0) is 0 Å². The van der Waals surface area contributed by atoms with E-state index in [2.05, 4.69) is 11.8 Å². The minimum absolute atomic E-state index is 0.761. The molecule has 0 amide bonds. The molecule has 0 radical (unpaired) electrons. The lowest BCUT2D eigenvalue weighted by molar-refractivity contribution is 0.234. The monoisotopic (exact) mass is 220 g/mol. The molecular formula is C13H20N2O. The topological polar surface area (TPSA) is 38.5 Å². The summed E-state index contributed by atoms with van der Waals surface area (Å²) in [5.74, 6) is 1.75. The third-order valence-electron chi connectivity index (χ3n) is 3.06.